The van der Waals surface area contributed by atoms with Crippen molar-refractivity contribution < 1.29 is 9.47 Å². The molecule has 2 atom stereocenters. The summed E-state index contributed by atoms with van der Waals surface area (Å²) < 4.78 is 13.9. The highest BCUT2D eigenvalue weighted by molar-refractivity contribution is 5.90. The summed E-state index contributed by atoms with van der Waals surface area (Å²) >= 11 is 0. The third-order valence-corrected chi connectivity index (χ3v) is 15.5. The lowest BCUT2D eigenvalue weighted by atomic mass is 9.60. The first-order valence-corrected chi connectivity index (χ1v) is 23.2. The van der Waals surface area contributed by atoms with Crippen molar-refractivity contribution in [1.82, 2.24) is 0 Å². The van der Waals surface area contributed by atoms with Gasteiger partial charge in [0.2, 0.25) is 0 Å². The van der Waals surface area contributed by atoms with E-state index < -0.39 is 5.41 Å². The van der Waals surface area contributed by atoms with Gasteiger partial charge in [-0.3, -0.25) is 0 Å². The van der Waals surface area contributed by atoms with E-state index >= 15 is 0 Å². The second-order valence-corrected chi connectivity index (χ2v) is 19.5. The summed E-state index contributed by atoms with van der Waals surface area (Å²) in [6.07, 6.45) is 17.9. The smallest absolute Gasteiger partial charge is 0.153 e. The third-order valence-electron chi connectivity index (χ3n) is 15.5. The number of allylic oxidation sites excluding steroid dienone is 6. The summed E-state index contributed by atoms with van der Waals surface area (Å²) in [6, 6.07) is 56.3. The average molecular weight is 843 g/mol. The summed E-state index contributed by atoms with van der Waals surface area (Å²) in [6.45, 7) is 9.49. The normalized spacial score (nSPS) is 20.3. The Balaban J connectivity index is 1.01. The molecule has 3 heterocycles. The molecule has 0 fully saturated rings. The van der Waals surface area contributed by atoms with Crippen molar-refractivity contribution >= 4 is 28.4 Å². The largest absolute Gasteiger partial charge is 0.457 e. The second-order valence-electron chi connectivity index (χ2n) is 19.5. The molecule has 3 aliphatic carbocycles. The number of anilines is 5. The van der Waals surface area contributed by atoms with Gasteiger partial charge in [0.15, 0.2) is 11.5 Å². The first-order chi connectivity index (χ1) is 31.7. The maximum absolute atomic E-state index is 7.23. The fourth-order valence-corrected chi connectivity index (χ4v) is 12.4. The molecule has 2 unspecified atom stereocenters. The number of hydrogen-bond donors (Lipinski definition) is 0. The van der Waals surface area contributed by atoms with Crippen LogP contribution in [-0.4, -0.2) is 6.04 Å². The zero-order chi connectivity index (χ0) is 43.7. The molecule has 4 nitrogen and oxygen atoms in total. The van der Waals surface area contributed by atoms with Crippen LogP contribution >= 0.6 is 0 Å². The number of para-hydroxylation sites is 3. The zero-order valence-corrected chi connectivity index (χ0v) is 37.3. The lowest BCUT2D eigenvalue weighted by molar-refractivity contribution is 0.430. The first kappa shape index (κ1) is 38.2. The Morgan fingerprint density at radius 1 is 0.492 bits per heavy atom. The molecule has 0 saturated carbocycles. The monoisotopic (exact) mass is 842 g/mol. The van der Waals surface area contributed by atoms with E-state index in [1.807, 2.05) is 0 Å². The summed E-state index contributed by atoms with van der Waals surface area (Å²) in [5.41, 5.74) is 16.2. The molecule has 0 spiro atoms. The number of benzene rings is 7. The number of nitrogens with zero attached hydrogens (tertiary/aromatic N) is 2. The quantitative estimate of drug-likeness (QED) is 0.176. The Hall–Kier alpha value is -7.30. The Kier molecular flexibility index (Phi) is 8.14. The molecule has 0 amide bonds. The van der Waals surface area contributed by atoms with E-state index in [0.29, 0.717) is 5.92 Å². The number of ether oxygens (including phenoxy) is 2. The second kappa shape index (κ2) is 13.8. The van der Waals surface area contributed by atoms with Gasteiger partial charge in [0.05, 0.1) is 22.8 Å². The zero-order valence-electron chi connectivity index (χ0n) is 37.3. The van der Waals surface area contributed by atoms with Crippen LogP contribution in [-0.2, 0) is 16.2 Å². The van der Waals surface area contributed by atoms with Crippen molar-refractivity contribution in [3.63, 3.8) is 0 Å². The van der Waals surface area contributed by atoms with E-state index in [1.165, 1.54) is 55.8 Å². The van der Waals surface area contributed by atoms with Gasteiger partial charge in [0.25, 0.3) is 0 Å². The van der Waals surface area contributed by atoms with Crippen LogP contribution in [0.25, 0.3) is 0 Å². The maximum atomic E-state index is 7.23. The molecule has 0 radical (unpaired) electrons. The predicted molar refractivity (Wildman–Crippen MR) is 265 cm³/mol. The van der Waals surface area contributed by atoms with Gasteiger partial charge in [-0.05, 0) is 101 Å². The van der Waals surface area contributed by atoms with Crippen molar-refractivity contribution in [2.24, 2.45) is 0 Å². The summed E-state index contributed by atoms with van der Waals surface area (Å²) in [5.74, 6) is 3.81. The fourth-order valence-electron chi connectivity index (χ4n) is 12.4. The molecular formula is C61H50N2O2. The molecule has 65 heavy (non-hydrogen) atoms. The summed E-state index contributed by atoms with van der Waals surface area (Å²) in [5, 5.41) is 0. The van der Waals surface area contributed by atoms with Gasteiger partial charge in [0, 0.05) is 51.0 Å². The first-order valence-electron chi connectivity index (χ1n) is 23.2. The molecule has 13 rings (SSSR count). The van der Waals surface area contributed by atoms with Crippen molar-refractivity contribution in [2.45, 2.75) is 68.7 Å². The Bertz CT molecular complexity index is 3210. The molecule has 7 aromatic rings. The van der Waals surface area contributed by atoms with E-state index in [2.05, 4.69) is 232 Å². The minimum absolute atomic E-state index is 0.188. The molecule has 3 aliphatic heterocycles. The standard InChI is InChI=1S/C61H50N2O2/c1-59(2)45-22-10-11-23-46(45)60(3,4)50-38-58-54(37-49(50)59)62(53-35-34-42(36-57(53)65-58)63-51-26-14-8-20-43(51)44-21-9-15-27-52(44)63)41-32-30-40(31-33-41)61(39-18-6-5-7-19-39)47-24-12-16-28-55(47)64-56-29-17-13-25-48(56)61/h5-6,8-18,20-38,43,51H,7,19H2,1-4H3. The van der Waals surface area contributed by atoms with Gasteiger partial charge in [0.1, 0.15) is 11.5 Å². The molecule has 7 aromatic carbocycles. The average Bonchev–Trinajstić information content (AvgIpc) is 3.69. The Morgan fingerprint density at radius 3 is 1.80 bits per heavy atom. The van der Waals surface area contributed by atoms with Gasteiger partial charge in [-0.1, -0.05) is 167 Å². The van der Waals surface area contributed by atoms with Crippen molar-refractivity contribution in [2.75, 3.05) is 9.80 Å². The van der Waals surface area contributed by atoms with Crippen molar-refractivity contribution in [3.05, 3.63) is 244 Å². The number of fused-ring (bicyclic) bond motifs is 9. The Morgan fingerprint density at radius 2 is 1.09 bits per heavy atom. The highest BCUT2D eigenvalue weighted by Gasteiger charge is 2.47. The van der Waals surface area contributed by atoms with E-state index in [-0.39, 0.29) is 16.9 Å². The lowest BCUT2D eigenvalue weighted by Gasteiger charge is -2.45. The van der Waals surface area contributed by atoms with Crippen LogP contribution in [0, 0.1) is 0 Å². The summed E-state index contributed by atoms with van der Waals surface area (Å²) in [7, 11) is 0. The highest BCUT2D eigenvalue weighted by Crippen LogP contribution is 2.60. The Labute approximate surface area is 382 Å². The molecule has 0 bridgehead atoms. The van der Waals surface area contributed by atoms with Crippen LogP contribution in [0.3, 0.4) is 0 Å². The SMILES string of the molecule is CC1(C)c2ccccc2C(C)(C)c2cc3c(cc21)Oc1cc(N2c4ccccc4C4C=CC=CC42)ccc1N3c1ccc(C2(C3=CC=CCC3)c3ccccc3Oc3ccccc32)cc1. The minimum Gasteiger partial charge on any atom is -0.457 e. The topological polar surface area (TPSA) is 24.9 Å². The fraction of sp³-hybridized carbons (Fsp3) is 0.180. The van der Waals surface area contributed by atoms with Gasteiger partial charge >= 0.3 is 0 Å². The minimum atomic E-state index is -0.529. The van der Waals surface area contributed by atoms with Crippen LogP contribution in [0.15, 0.2) is 200 Å². The van der Waals surface area contributed by atoms with E-state index in [0.717, 1.165) is 58.6 Å². The van der Waals surface area contributed by atoms with Crippen molar-refractivity contribution in [1.29, 1.82) is 0 Å². The number of hydrogen-bond acceptors (Lipinski definition) is 4. The van der Waals surface area contributed by atoms with Gasteiger partial charge in [-0.25, -0.2) is 0 Å². The van der Waals surface area contributed by atoms with Crippen LogP contribution < -0.4 is 19.3 Å². The third kappa shape index (κ3) is 5.31. The van der Waals surface area contributed by atoms with Gasteiger partial charge < -0.3 is 19.3 Å². The van der Waals surface area contributed by atoms with E-state index in [1.54, 1.807) is 0 Å². The lowest BCUT2D eigenvalue weighted by Crippen LogP contribution is -2.37. The highest BCUT2D eigenvalue weighted by atomic mass is 16.5. The maximum Gasteiger partial charge on any atom is 0.153 e. The molecule has 0 N–H and O–H groups in total. The van der Waals surface area contributed by atoms with E-state index in [4.69, 9.17) is 9.47 Å². The summed E-state index contributed by atoms with van der Waals surface area (Å²) in [4.78, 5) is 4.93. The molecule has 0 aromatic heterocycles. The van der Waals surface area contributed by atoms with Crippen LogP contribution in [0.2, 0.25) is 0 Å². The van der Waals surface area contributed by atoms with Gasteiger partial charge in [-0.2, -0.15) is 0 Å². The van der Waals surface area contributed by atoms with Crippen molar-refractivity contribution in [3.8, 4) is 23.0 Å². The number of rotatable bonds is 4. The van der Waals surface area contributed by atoms with Crippen LogP contribution in [0.4, 0.5) is 28.4 Å². The van der Waals surface area contributed by atoms with Crippen LogP contribution in [0.1, 0.15) is 91.0 Å². The molecular weight excluding hydrogens is 793 g/mol. The molecule has 4 heteroatoms. The predicted octanol–water partition coefficient (Wildman–Crippen LogP) is 15.7. The molecule has 0 saturated heterocycles. The van der Waals surface area contributed by atoms with E-state index in [9.17, 15) is 0 Å². The van der Waals surface area contributed by atoms with Crippen LogP contribution in [0.5, 0.6) is 23.0 Å². The molecule has 316 valence electrons. The molecule has 6 aliphatic rings. The van der Waals surface area contributed by atoms with Gasteiger partial charge in [-0.15, -0.1) is 0 Å².